The van der Waals surface area contributed by atoms with Gasteiger partial charge in [0.15, 0.2) is 0 Å². The van der Waals surface area contributed by atoms with Crippen molar-refractivity contribution in [1.82, 2.24) is 15.1 Å². The van der Waals surface area contributed by atoms with Gasteiger partial charge in [0.05, 0.1) is 6.07 Å². The number of hydrogen-bond acceptors (Lipinski definition) is 4. The molecule has 0 radical (unpaired) electrons. The first-order valence-electron chi connectivity index (χ1n) is 5.58. The standard InChI is InChI=1S/C11H24N4/c1-5-6-15(8-7-14(3)4)10-11(9-12)13-2/h11,13H,5-8,10H2,1-4H3. The smallest absolute Gasteiger partial charge is 0.108 e. The van der Waals surface area contributed by atoms with Crippen molar-refractivity contribution in [2.24, 2.45) is 0 Å². The molecule has 0 saturated carbocycles. The quantitative estimate of drug-likeness (QED) is 0.631. The van der Waals surface area contributed by atoms with Crippen molar-refractivity contribution >= 4 is 0 Å². The molecule has 4 heteroatoms. The van der Waals surface area contributed by atoms with Crippen molar-refractivity contribution in [2.45, 2.75) is 19.4 Å². The summed E-state index contributed by atoms with van der Waals surface area (Å²) < 4.78 is 0. The molecule has 0 aliphatic carbocycles. The van der Waals surface area contributed by atoms with E-state index in [9.17, 15) is 0 Å². The van der Waals surface area contributed by atoms with Gasteiger partial charge in [0.25, 0.3) is 0 Å². The van der Waals surface area contributed by atoms with Crippen LogP contribution in [0.25, 0.3) is 0 Å². The molecule has 0 amide bonds. The van der Waals surface area contributed by atoms with Crippen LogP contribution in [0.1, 0.15) is 13.3 Å². The normalized spacial score (nSPS) is 13.1. The molecule has 0 heterocycles. The summed E-state index contributed by atoms with van der Waals surface area (Å²) in [5, 5.41) is 11.9. The fraction of sp³-hybridized carbons (Fsp3) is 0.909. The molecular weight excluding hydrogens is 188 g/mol. The molecule has 88 valence electrons. The second-order valence-corrected chi connectivity index (χ2v) is 4.07. The average molecular weight is 212 g/mol. The van der Waals surface area contributed by atoms with Gasteiger partial charge < -0.3 is 10.2 Å². The molecule has 0 bridgehead atoms. The Kier molecular flexibility index (Phi) is 8.30. The fourth-order valence-electron chi connectivity index (χ4n) is 1.41. The highest BCUT2D eigenvalue weighted by Gasteiger charge is 2.10. The van der Waals surface area contributed by atoms with Crippen LogP contribution < -0.4 is 5.32 Å². The summed E-state index contributed by atoms with van der Waals surface area (Å²) in [6, 6.07) is 2.21. The third kappa shape index (κ3) is 7.32. The van der Waals surface area contributed by atoms with Gasteiger partial charge in [-0.2, -0.15) is 5.26 Å². The summed E-state index contributed by atoms with van der Waals surface area (Å²) in [5.74, 6) is 0. The molecule has 0 saturated heterocycles. The predicted octanol–water partition coefficient (Wildman–Crippen LogP) is 0.372. The Hall–Kier alpha value is -0.630. The first-order chi connectivity index (χ1) is 7.13. The molecule has 0 fully saturated rings. The van der Waals surface area contributed by atoms with Crippen molar-refractivity contribution in [3.8, 4) is 6.07 Å². The summed E-state index contributed by atoms with van der Waals surface area (Å²) in [5.41, 5.74) is 0. The molecule has 4 nitrogen and oxygen atoms in total. The maximum Gasteiger partial charge on any atom is 0.108 e. The van der Waals surface area contributed by atoms with Gasteiger partial charge in [-0.05, 0) is 34.1 Å². The highest BCUT2D eigenvalue weighted by molar-refractivity contribution is 4.91. The monoisotopic (exact) mass is 212 g/mol. The molecule has 0 rings (SSSR count). The van der Waals surface area contributed by atoms with Crippen LogP contribution in [0.3, 0.4) is 0 Å². The van der Waals surface area contributed by atoms with Crippen LogP contribution in [0.5, 0.6) is 0 Å². The SMILES string of the molecule is CCCN(CCN(C)C)CC(C#N)NC. The number of nitrogens with zero attached hydrogens (tertiary/aromatic N) is 3. The Bertz CT molecular complexity index is 186. The summed E-state index contributed by atoms with van der Waals surface area (Å²) in [6.45, 7) is 6.12. The van der Waals surface area contributed by atoms with Crippen LogP contribution in [-0.2, 0) is 0 Å². The molecule has 0 aromatic carbocycles. The molecular formula is C11H24N4. The lowest BCUT2D eigenvalue weighted by Crippen LogP contribution is -2.41. The first kappa shape index (κ1) is 14.4. The van der Waals surface area contributed by atoms with Crippen molar-refractivity contribution in [2.75, 3.05) is 47.3 Å². The molecule has 0 aromatic rings. The number of likely N-dealkylation sites (N-methyl/N-ethyl adjacent to an activating group) is 2. The van der Waals surface area contributed by atoms with E-state index < -0.39 is 0 Å². The molecule has 1 unspecified atom stereocenters. The highest BCUT2D eigenvalue weighted by Crippen LogP contribution is 1.95. The molecule has 15 heavy (non-hydrogen) atoms. The molecule has 0 spiro atoms. The topological polar surface area (TPSA) is 42.3 Å². The second kappa shape index (κ2) is 8.66. The zero-order chi connectivity index (χ0) is 11.7. The third-order valence-corrected chi connectivity index (χ3v) is 2.35. The molecule has 1 N–H and O–H groups in total. The molecule has 0 aromatic heterocycles. The van der Waals surface area contributed by atoms with Crippen LogP contribution in [-0.4, -0.2) is 63.2 Å². The van der Waals surface area contributed by atoms with Crippen molar-refractivity contribution < 1.29 is 0 Å². The lowest BCUT2D eigenvalue weighted by molar-refractivity contribution is 0.232. The first-order valence-corrected chi connectivity index (χ1v) is 5.58. The van der Waals surface area contributed by atoms with E-state index in [-0.39, 0.29) is 6.04 Å². The van der Waals surface area contributed by atoms with E-state index in [0.717, 1.165) is 32.6 Å². The Balaban J connectivity index is 3.97. The van der Waals surface area contributed by atoms with E-state index in [2.05, 4.69) is 42.2 Å². The number of nitrogens with one attached hydrogen (secondary N) is 1. The largest absolute Gasteiger partial charge is 0.308 e. The maximum absolute atomic E-state index is 8.87. The molecule has 1 atom stereocenters. The number of hydrogen-bond donors (Lipinski definition) is 1. The van der Waals surface area contributed by atoms with Gasteiger partial charge in [-0.1, -0.05) is 6.92 Å². The zero-order valence-electron chi connectivity index (χ0n) is 10.5. The van der Waals surface area contributed by atoms with Crippen LogP contribution in [0.4, 0.5) is 0 Å². The van der Waals surface area contributed by atoms with Crippen LogP contribution in [0, 0.1) is 11.3 Å². The minimum absolute atomic E-state index is 0.0567. The van der Waals surface area contributed by atoms with Crippen molar-refractivity contribution in [3.63, 3.8) is 0 Å². The minimum Gasteiger partial charge on any atom is -0.308 e. The summed E-state index contributed by atoms with van der Waals surface area (Å²) in [4.78, 5) is 4.51. The van der Waals surface area contributed by atoms with Crippen LogP contribution in [0.15, 0.2) is 0 Å². The lowest BCUT2D eigenvalue weighted by Gasteiger charge is -2.25. The second-order valence-electron chi connectivity index (χ2n) is 4.07. The van der Waals surface area contributed by atoms with Crippen LogP contribution >= 0.6 is 0 Å². The van der Waals surface area contributed by atoms with Gasteiger partial charge in [-0.3, -0.25) is 4.90 Å². The zero-order valence-corrected chi connectivity index (χ0v) is 10.5. The van der Waals surface area contributed by atoms with Gasteiger partial charge >= 0.3 is 0 Å². The summed E-state index contributed by atoms with van der Waals surface area (Å²) >= 11 is 0. The Morgan fingerprint density at radius 2 is 1.93 bits per heavy atom. The van der Waals surface area contributed by atoms with Gasteiger partial charge in [0.2, 0.25) is 0 Å². The number of nitriles is 1. The van der Waals surface area contributed by atoms with Gasteiger partial charge in [0, 0.05) is 19.6 Å². The Morgan fingerprint density at radius 1 is 1.27 bits per heavy atom. The van der Waals surface area contributed by atoms with Crippen molar-refractivity contribution in [1.29, 1.82) is 5.26 Å². The van der Waals surface area contributed by atoms with E-state index in [1.54, 1.807) is 0 Å². The van der Waals surface area contributed by atoms with Gasteiger partial charge in [-0.15, -0.1) is 0 Å². The van der Waals surface area contributed by atoms with E-state index in [1.165, 1.54) is 0 Å². The van der Waals surface area contributed by atoms with E-state index >= 15 is 0 Å². The molecule has 0 aliphatic heterocycles. The fourth-order valence-corrected chi connectivity index (χ4v) is 1.41. The molecule has 0 aliphatic rings. The predicted molar refractivity (Wildman–Crippen MR) is 63.7 cm³/mol. The van der Waals surface area contributed by atoms with Crippen LogP contribution in [0.2, 0.25) is 0 Å². The Morgan fingerprint density at radius 3 is 2.33 bits per heavy atom. The average Bonchev–Trinajstić information content (AvgIpc) is 2.22. The van der Waals surface area contributed by atoms with Gasteiger partial charge in [0.1, 0.15) is 6.04 Å². The Labute approximate surface area is 93.9 Å². The maximum atomic E-state index is 8.87. The van der Waals surface area contributed by atoms with Crippen molar-refractivity contribution in [3.05, 3.63) is 0 Å². The third-order valence-electron chi connectivity index (χ3n) is 2.35. The highest BCUT2D eigenvalue weighted by atomic mass is 15.2. The van der Waals surface area contributed by atoms with E-state index in [0.29, 0.717) is 0 Å². The lowest BCUT2D eigenvalue weighted by atomic mass is 10.3. The minimum atomic E-state index is -0.0567. The number of rotatable bonds is 8. The van der Waals surface area contributed by atoms with E-state index in [1.807, 2.05) is 7.05 Å². The summed E-state index contributed by atoms with van der Waals surface area (Å²) in [7, 11) is 5.98. The summed E-state index contributed by atoms with van der Waals surface area (Å²) in [6.07, 6.45) is 1.13. The van der Waals surface area contributed by atoms with Gasteiger partial charge in [-0.25, -0.2) is 0 Å². The van der Waals surface area contributed by atoms with E-state index in [4.69, 9.17) is 5.26 Å².